The number of rotatable bonds is 5. The summed E-state index contributed by atoms with van der Waals surface area (Å²) in [4.78, 5) is 42.9. The highest BCUT2D eigenvalue weighted by Crippen LogP contribution is 2.33. The Morgan fingerprint density at radius 1 is 0.921 bits per heavy atom. The van der Waals surface area contributed by atoms with Crippen LogP contribution in [0.5, 0.6) is 0 Å². The number of nitrogens with two attached hydrogens (primary N) is 1. The lowest BCUT2D eigenvalue weighted by molar-refractivity contribution is -0.120. The highest BCUT2D eigenvalue weighted by molar-refractivity contribution is 7.18. The molecule has 9 nitrogen and oxygen atoms in total. The van der Waals surface area contributed by atoms with Crippen molar-refractivity contribution in [2.45, 2.75) is 6.54 Å². The van der Waals surface area contributed by atoms with Gasteiger partial charge in [-0.2, -0.15) is 4.98 Å². The largest absolute Gasteiger partial charge is 0.353 e. The summed E-state index contributed by atoms with van der Waals surface area (Å²) in [5.74, 6) is 1.41. The van der Waals surface area contributed by atoms with Crippen molar-refractivity contribution in [3.05, 3.63) is 71.1 Å². The molecule has 0 atom stereocenters. The molecular formula is C28H29N7O2S. The number of benzene rings is 2. The van der Waals surface area contributed by atoms with Gasteiger partial charge in [0.25, 0.3) is 5.91 Å². The van der Waals surface area contributed by atoms with Gasteiger partial charge in [0.15, 0.2) is 0 Å². The number of carbonyl (C=O) groups is 2. The molecular weight excluding hydrogens is 498 g/mol. The van der Waals surface area contributed by atoms with Gasteiger partial charge >= 0.3 is 0 Å². The molecule has 2 saturated heterocycles. The summed E-state index contributed by atoms with van der Waals surface area (Å²) >= 11 is 1.56. The second-order valence-corrected chi connectivity index (χ2v) is 10.6. The fourth-order valence-corrected chi connectivity index (χ4v) is 5.87. The van der Waals surface area contributed by atoms with E-state index in [1.54, 1.807) is 11.3 Å². The van der Waals surface area contributed by atoms with Gasteiger partial charge < -0.3 is 25.8 Å². The molecule has 0 bridgehead atoms. The van der Waals surface area contributed by atoms with E-state index in [1.807, 2.05) is 52.3 Å². The lowest BCUT2D eigenvalue weighted by Gasteiger charge is -2.36. The van der Waals surface area contributed by atoms with Crippen LogP contribution in [0, 0.1) is 0 Å². The number of amides is 2. The maximum Gasteiger partial charge on any atom is 0.253 e. The molecule has 194 valence electrons. The predicted molar refractivity (Wildman–Crippen MR) is 151 cm³/mol. The van der Waals surface area contributed by atoms with E-state index in [-0.39, 0.29) is 18.4 Å². The molecule has 0 saturated carbocycles. The zero-order valence-corrected chi connectivity index (χ0v) is 21.8. The second-order valence-electron chi connectivity index (χ2n) is 9.48. The van der Waals surface area contributed by atoms with Gasteiger partial charge in [-0.1, -0.05) is 42.5 Å². The zero-order valence-electron chi connectivity index (χ0n) is 21.0. The van der Waals surface area contributed by atoms with Crippen molar-refractivity contribution in [1.82, 2.24) is 20.2 Å². The lowest BCUT2D eigenvalue weighted by atomic mass is 10.0. The molecule has 38 heavy (non-hydrogen) atoms. The van der Waals surface area contributed by atoms with Gasteiger partial charge in [-0.3, -0.25) is 9.59 Å². The van der Waals surface area contributed by atoms with Gasteiger partial charge in [0, 0.05) is 56.3 Å². The normalized spacial score (nSPS) is 16.1. The molecule has 0 unspecified atom stereocenters. The first kappa shape index (κ1) is 24.3. The average Bonchev–Trinajstić information content (AvgIpc) is 3.40. The SMILES string of the molecule is NCc1cc2c(N3CCN(C(=O)c4ccc(-c5ccccc5)cc4)CC3)nc(N3CCNC(=O)C3)nc2s1. The van der Waals surface area contributed by atoms with E-state index in [2.05, 4.69) is 28.4 Å². The van der Waals surface area contributed by atoms with Crippen LogP contribution in [-0.2, 0) is 11.3 Å². The lowest BCUT2D eigenvalue weighted by Crippen LogP contribution is -2.50. The van der Waals surface area contributed by atoms with E-state index >= 15 is 0 Å². The third kappa shape index (κ3) is 4.80. The Kier molecular flexibility index (Phi) is 6.65. The van der Waals surface area contributed by atoms with Crippen LogP contribution in [-0.4, -0.2) is 72.5 Å². The first-order valence-corrected chi connectivity index (χ1v) is 13.6. The van der Waals surface area contributed by atoms with Crippen molar-refractivity contribution < 1.29 is 9.59 Å². The molecule has 4 aromatic rings. The topological polar surface area (TPSA) is 108 Å². The van der Waals surface area contributed by atoms with E-state index in [9.17, 15) is 9.59 Å². The molecule has 2 amide bonds. The third-order valence-corrected chi connectivity index (χ3v) is 8.09. The van der Waals surface area contributed by atoms with Crippen molar-refractivity contribution in [2.24, 2.45) is 5.73 Å². The van der Waals surface area contributed by atoms with Gasteiger partial charge in [0.2, 0.25) is 11.9 Å². The molecule has 2 aromatic carbocycles. The number of aromatic nitrogens is 2. The van der Waals surface area contributed by atoms with Crippen LogP contribution in [0.3, 0.4) is 0 Å². The molecule has 0 spiro atoms. The molecule has 2 aliphatic rings. The maximum atomic E-state index is 13.3. The Balaban J connectivity index is 1.19. The molecule has 2 fully saturated rings. The minimum atomic E-state index is -0.0285. The molecule has 0 aliphatic carbocycles. The van der Waals surface area contributed by atoms with Gasteiger partial charge in [0.05, 0.1) is 11.9 Å². The maximum absolute atomic E-state index is 13.3. The first-order chi connectivity index (χ1) is 18.6. The fraction of sp³-hybridized carbons (Fsp3) is 0.286. The summed E-state index contributed by atoms with van der Waals surface area (Å²) < 4.78 is 0. The standard InChI is InChI=1S/C28H29N7O2S/c29-17-22-16-23-25(31-28(32-26(23)38-22)35-11-10-30-24(36)18-35)33-12-14-34(15-13-33)27(37)21-8-6-20(7-9-21)19-4-2-1-3-5-19/h1-9,16H,10-15,17-18,29H2,(H,30,36). The van der Waals surface area contributed by atoms with Crippen LogP contribution in [0.25, 0.3) is 21.3 Å². The number of hydrogen-bond acceptors (Lipinski definition) is 8. The number of carbonyl (C=O) groups excluding carboxylic acids is 2. The molecule has 6 rings (SSSR count). The van der Waals surface area contributed by atoms with E-state index in [4.69, 9.17) is 15.7 Å². The van der Waals surface area contributed by atoms with Crippen LogP contribution in [0.15, 0.2) is 60.7 Å². The smallest absolute Gasteiger partial charge is 0.253 e. The first-order valence-electron chi connectivity index (χ1n) is 12.8. The Labute approximate surface area is 224 Å². The van der Waals surface area contributed by atoms with Crippen LogP contribution < -0.4 is 20.9 Å². The van der Waals surface area contributed by atoms with E-state index in [0.717, 1.165) is 32.0 Å². The summed E-state index contributed by atoms with van der Waals surface area (Å²) in [7, 11) is 0. The molecule has 3 N–H and O–H groups in total. The van der Waals surface area contributed by atoms with Crippen molar-refractivity contribution in [2.75, 3.05) is 55.6 Å². The summed E-state index contributed by atoms with van der Waals surface area (Å²) in [6.07, 6.45) is 0. The Bertz CT molecular complexity index is 1460. The van der Waals surface area contributed by atoms with Crippen LogP contribution >= 0.6 is 11.3 Å². The van der Waals surface area contributed by atoms with Crippen molar-refractivity contribution in [1.29, 1.82) is 0 Å². The molecule has 2 aromatic heterocycles. The van der Waals surface area contributed by atoms with Crippen molar-refractivity contribution in [3.8, 4) is 11.1 Å². The Morgan fingerprint density at radius 3 is 2.37 bits per heavy atom. The van der Waals surface area contributed by atoms with Gasteiger partial charge in [0.1, 0.15) is 10.6 Å². The molecule has 2 aliphatic heterocycles. The number of anilines is 2. The quantitative estimate of drug-likeness (QED) is 0.411. The van der Waals surface area contributed by atoms with Crippen molar-refractivity contribution >= 4 is 45.1 Å². The fourth-order valence-electron chi connectivity index (χ4n) is 4.98. The zero-order chi connectivity index (χ0) is 26.1. The van der Waals surface area contributed by atoms with Gasteiger partial charge in [-0.25, -0.2) is 4.98 Å². The van der Waals surface area contributed by atoms with E-state index < -0.39 is 0 Å². The number of piperazine rings is 2. The van der Waals surface area contributed by atoms with Crippen molar-refractivity contribution in [3.63, 3.8) is 0 Å². The molecule has 0 radical (unpaired) electrons. The highest BCUT2D eigenvalue weighted by atomic mass is 32.1. The number of nitrogens with zero attached hydrogens (tertiary/aromatic N) is 5. The van der Waals surface area contributed by atoms with Gasteiger partial charge in [-0.05, 0) is 29.3 Å². The number of thiophene rings is 1. The summed E-state index contributed by atoms with van der Waals surface area (Å²) in [6.45, 7) is 4.43. The van der Waals surface area contributed by atoms with E-state index in [0.29, 0.717) is 57.3 Å². The monoisotopic (exact) mass is 527 g/mol. The average molecular weight is 528 g/mol. The van der Waals surface area contributed by atoms with E-state index in [1.165, 1.54) is 0 Å². The number of hydrogen-bond donors (Lipinski definition) is 2. The number of nitrogens with one attached hydrogen (secondary N) is 1. The molecule has 10 heteroatoms. The third-order valence-electron chi connectivity index (χ3n) is 7.04. The summed E-state index contributed by atoms with van der Waals surface area (Å²) in [5.41, 5.74) is 8.85. The Morgan fingerprint density at radius 2 is 1.66 bits per heavy atom. The number of fused-ring (bicyclic) bond motifs is 1. The van der Waals surface area contributed by atoms with Crippen LogP contribution in [0.4, 0.5) is 11.8 Å². The summed E-state index contributed by atoms with van der Waals surface area (Å²) in [6, 6.07) is 20.0. The Hall–Kier alpha value is -4.02. The van der Waals surface area contributed by atoms with Gasteiger partial charge in [-0.15, -0.1) is 11.3 Å². The predicted octanol–water partition coefficient (Wildman–Crippen LogP) is 2.72. The van der Waals surface area contributed by atoms with Crippen LogP contribution in [0.2, 0.25) is 0 Å². The van der Waals surface area contributed by atoms with Crippen LogP contribution in [0.1, 0.15) is 15.2 Å². The molecule has 4 heterocycles. The highest BCUT2D eigenvalue weighted by Gasteiger charge is 2.27. The minimum Gasteiger partial charge on any atom is -0.353 e. The second kappa shape index (κ2) is 10.4. The minimum absolute atomic E-state index is 0.0285. The summed E-state index contributed by atoms with van der Waals surface area (Å²) in [5, 5.41) is 3.82.